The lowest BCUT2D eigenvalue weighted by atomic mass is 9.93. The van der Waals surface area contributed by atoms with Crippen LogP contribution in [0.3, 0.4) is 0 Å². The topological polar surface area (TPSA) is 50.4 Å². The van der Waals surface area contributed by atoms with Gasteiger partial charge in [-0.2, -0.15) is 0 Å². The Bertz CT molecular complexity index is 1190. The molecule has 4 aromatic rings. The van der Waals surface area contributed by atoms with Crippen LogP contribution in [-0.2, 0) is 6.42 Å². The van der Waals surface area contributed by atoms with Crippen LogP contribution in [0.5, 0.6) is 0 Å². The quantitative estimate of drug-likeness (QED) is 0.341. The number of nitrogens with two attached hydrogens (primary N) is 1. The average Bonchev–Trinajstić information content (AvgIpc) is 3.19. The second-order valence-electron chi connectivity index (χ2n) is 7.53. The molecule has 0 fully saturated rings. The predicted molar refractivity (Wildman–Crippen MR) is 122 cm³/mol. The van der Waals surface area contributed by atoms with Crippen LogP contribution in [0.1, 0.15) is 29.0 Å². The minimum absolute atomic E-state index is 0.389. The van der Waals surface area contributed by atoms with Crippen molar-refractivity contribution in [2.45, 2.75) is 18.8 Å². The molecule has 0 aliphatic heterocycles. The van der Waals surface area contributed by atoms with Crippen molar-refractivity contribution in [3.05, 3.63) is 108 Å². The van der Waals surface area contributed by atoms with Crippen LogP contribution in [0.2, 0.25) is 0 Å². The summed E-state index contributed by atoms with van der Waals surface area (Å²) in [5, 5.41) is 5.54. The molecule has 5 rings (SSSR count). The molecule has 0 bridgehead atoms. The number of anilines is 1. The SMILES string of the molecule is NC(=Nc1ccc(C2CCc3ccccc32)cc1)Nc1cccc2ccccc12. The van der Waals surface area contributed by atoms with Gasteiger partial charge in [0.05, 0.1) is 5.69 Å². The van der Waals surface area contributed by atoms with Gasteiger partial charge >= 0.3 is 0 Å². The number of nitrogens with zero attached hydrogens (tertiary/aromatic N) is 1. The average molecular weight is 377 g/mol. The lowest BCUT2D eigenvalue weighted by Crippen LogP contribution is -2.22. The van der Waals surface area contributed by atoms with Crippen LogP contribution in [0, 0.1) is 0 Å². The number of hydrogen-bond donors (Lipinski definition) is 2. The maximum atomic E-state index is 6.19. The fraction of sp³-hybridized carbons (Fsp3) is 0.115. The molecule has 0 saturated heterocycles. The van der Waals surface area contributed by atoms with Gasteiger partial charge < -0.3 is 11.1 Å². The molecule has 0 saturated carbocycles. The first-order valence-electron chi connectivity index (χ1n) is 10.0. The molecule has 1 unspecified atom stereocenters. The van der Waals surface area contributed by atoms with Crippen molar-refractivity contribution in [3.8, 4) is 0 Å². The van der Waals surface area contributed by atoms with E-state index in [9.17, 15) is 0 Å². The first-order chi connectivity index (χ1) is 14.3. The molecular weight excluding hydrogens is 354 g/mol. The van der Waals surface area contributed by atoms with Gasteiger partial charge in [0.15, 0.2) is 5.96 Å². The fourth-order valence-corrected chi connectivity index (χ4v) is 4.32. The first-order valence-corrected chi connectivity index (χ1v) is 10.0. The summed E-state index contributed by atoms with van der Waals surface area (Å²) in [6.07, 6.45) is 2.33. The van der Waals surface area contributed by atoms with Crippen molar-refractivity contribution in [1.82, 2.24) is 0 Å². The summed E-state index contributed by atoms with van der Waals surface area (Å²) in [6.45, 7) is 0. The smallest absolute Gasteiger partial charge is 0.198 e. The molecule has 3 nitrogen and oxygen atoms in total. The highest BCUT2D eigenvalue weighted by molar-refractivity contribution is 6.03. The second-order valence-corrected chi connectivity index (χ2v) is 7.53. The predicted octanol–water partition coefficient (Wildman–Crippen LogP) is 5.98. The zero-order chi connectivity index (χ0) is 19.6. The van der Waals surface area contributed by atoms with Gasteiger partial charge in [-0.3, -0.25) is 0 Å². The van der Waals surface area contributed by atoms with E-state index in [1.165, 1.54) is 28.5 Å². The molecule has 1 atom stereocenters. The summed E-state index contributed by atoms with van der Waals surface area (Å²) >= 11 is 0. The Morgan fingerprint density at radius 3 is 2.48 bits per heavy atom. The summed E-state index contributed by atoms with van der Waals surface area (Å²) in [5.41, 5.74) is 12.3. The summed E-state index contributed by atoms with van der Waals surface area (Å²) in [6, 6.07) is 31.6. The van der Waals surface area contributed by atoms with Crippen molar-refractivity contribution in [3.63, 3.8) is 0 Å². The maximum Gasteiger partial charge on any atom is 0.198 e. The van der Waals surface area contributed by atoms with Gasteiger partial charge in [-0.15, -0.1) is 0 Å². The zero-order valence-corrected chi connectivity index (χ0v) is 16.2. The Labute approximate surface area is 170 Å². The molecule has 0 spiro atoms. The van der Waals surface area contributed by atoms with E-state index >= 15 is 0 Å². The largest absolute Gasteiger partial charge is 0.369 e. The van der Waals surface area contributed by atoms with Crippen LogP contribution < -0.4 is 11.1 Å². The molecule has 29 heavy (non-hydrogen) atoms. The fourth-order valence-electron chi connectivity index (χ4n) is 4.32. The highest BCUT2D eigenvalue weighted by Gasteiger charge is 2.23. The highest BCUT2D eigenvalue weighted by atomic mass is 15.1. The third-order valence-corrected chi connectivity index (χ3v) is 5.73. The van der Waals surface area contributed by atoms with E-state index < -0.39 is 0 Å². The molecule has 3 heteroatoms. The van der Waals surface area contributed by atoms with E-state index in [1.54, 1.807) is 0 Å². The third-order valence-electron chi connectivity index (χ3n) is 5.73. The van der Waals surface area contributed by atoms with Crippen molar-refractivity contribution in [2.75, 3.05) is 5.32 Å². The van der Waals surface area contributed by atoms with Crippen molar-refractivity contribution in [2.24, 2.45) is 10.7 Å². The Balaban J connectivity index is 1.36. The van der Waals surface area contributed by atoms with Crippen LogP contribution >= 0.6 is 0 Å². The van der Waals surface area contributed by atoms with Gasteiger partial charge in [-0.1, -0.05) is 72.8 Å². The van der Waals surface area contributed by atoms with Crippen molar-refractivity contribution >= 4 is 28.1 Å². The second kappa shape index (κ2) is 7.44. The van der Waals surface area contributed by atoms with Crippen LogP contribution in [0.4, 0.5) is 11.4 Å². The van der Waals surface area contributed by atoms with Gasteiger partial charge in [0.1, 0.15) is 0 Å². The standard InChI is InChI=1S/C26H23N3/c27-26(29-25-11-5-8-18-6-2-4-10-24(18)25)28-21-15-12-20(13-16-21)23-17-14-19-7-1-3-9-22(19)23/h1-13,15-16,23H,14,17H2,(H3,27,28,29). The minimum Gasteiger partial charge on any atom is -0.369 e. The Kier molecular flexibility index (Phi) is 4.49. The molecule has 0 aromatic heterocycles. The molecule has 0 amide bonds. The van der Waals surface area contributed by atoms with Gasteiger partial charge in [-0.05, 0) is 53.1 Å². The van der Waals surface area contributed by atoms with E-state index in [-0.39, 0.29) is 0 Å². The number of aliphatic imine (C=N–C) groups is 1. The van der Waals surface area contributed by atoms with Crippen LogP contribution in [-0.4, -0.2) is 5.96 Å². The summed E-state index contributed by atoms with van der Waals surface area (Å²) < 4.78 is 0. The molecule has 1 aliphatic carbocycles. The van der Waals surface area contributed by atoms with Crippen LogP contribution in [0.25, 0.3) is 10.8 Å². The first kappa shape index (κ1) is 17.5. The number of guanidine groups is 1. The van der Waals surface area contributed by atoms with Gasteiger partial charge in [0, 0.05) is 17.0 Å². The molecule has 1 aliphatic rings. The Hall–Kier alpha value is -3.59. The summed E-state index contributed by atoms with van der Waals surface area (Å²) in [4.78, 5) is 4.56. The van der Waals surface area contributed by atoms with Gasteiger partial charge in [0.25, 0.3) is 0 Å². The van der Waals surface area contributed by atoms with E-state index in [2.05, 4.69) is 64.9 Å². The third kappa shape index (κ3) is 3.47. The number of nitrogens with one attached hydrogen (secondary N) is 1. The zero-order valence-electron chi connectivity index (χ0n) is 16.2. The van der Waals surface area contributed by atoms with E-state index in [4.69, 9.17) is 5.73 Å². The Morgan fingerprint density at radius 2 is 1.59 bits per heavy atom. The monoisotopic (exact) mass is 377 g/mol. The Morgan fingerprint density at radius 1 is 0.828 bits per heavy atom. The number of fused-ring (bicyclic) bond motifs is 2. The number of hydrogen-bond acceptors (Lipinski definition) is 1. The summed E-state index contributed by atoms with van der Waals surface area (Å²) in [5.74, 6) is 0.871. The van der Waals surface area contributed by atoms with Crippen LogP contribution in [0.15, 0.2) is 96.0 Å². The van der Waals surface area contributed by atoms with E-state index in [0.29, 0.717) is 11.9 Å². The normalized spacial score (nSPS) is 16.0. The van der Waals surface area contributed by atoms with E-state index in [0.717, 1.165) is 23.2 Å². The number of benzene rings is 4. The number of aryl methyl sites for hydroxylation is 1. The lowest BCUT2D eigenvalue weighted by Gasteiger charge is -2.12. The summed E-state index contributed by atoms with van der Waals surface area (Å²) in [7, 11) is 0. The minimum atomic E-state index is 0.389. The molecule has 0 heterocycles. The van der Waals surface area contributed by atoms with E-state index in [1.807, 2.05) is 36.4 Å². The molecular formula is C26H23N3. The number of rotatable bonds is 3. The van der Waals surface area contributed by atoms with Gasteiger partial charge in [-0.25, -0.2) is 4.99 Å². The van der Waals surface area contributed by atoms with Gasteiger partial charge in [0.2, 0.25) is 0 Å². The molecule has 0 radical (unpaired) electrons. The molecule has 142 valence electrons. The van der Waals surface area contributed by atoms with Crippen molar-refractivity contribution < 1.29 is 0 Å². The molecule has 3 N–H and O–H groups in total. The maximum absolute atomic E-state index is 6.19. The highest BCUT2D eigenvalue weighted by Crippen LogP contribution is 2.38. The lowest BCUT2D eigenvalue weighted by molar-refractivity contribution is 0.788. The molecule has 4 aromatic carbocycles. The van der Waals surface area contributed by atoms with Crippen molar-refractivity contribution in [1.29, 1.82) is 0 Å².